The third kappa shape index (κ3) is 5.02. The Morgan fingerprint density at radius 1 is 1.20 bits per heavy atom. The van der Waals surface area contributed by atoms with Crippen LogP contribution in [0.1, 0.15) is 28.7 Å². The zero-order valence-electron chi connectivity index (χ0n) is 16.0. The summed E-state index contributed by atoms with van der Waals surface area (Å²) in [5.41, 5.74) is 0.0163. The molecule has 2 aromatic carbocycles. The van der Waals surface area contributed by atoms with Crippen LogP contribution in [0.5, 0.6) is 17.2 Å². The van der Waals surface area contributed by atoms with Gasteiger partial charge in [-0.25, -0.2) is 0 Å². The van der Waals surface area contributed by atoms with Crippen LogP contribution in [0.25, 0.3) is 0 Å². The summed E-state index contributed by atoms with van der Waals surface area (Å²) < 4.78 is 10.9. The molecule has 0 saturated carbocycles. The summed E-state index contributed by atoms with van der Waals surface area (Å²) in [6, 6.07) is 8.55. The van der Waals surface area contributed by atoms with Gasteiger partial charge in [-0.15, -0.1) is 10.2 Å². The number of methoxy groups -OCH3 is 1. The van der Waals surface area contributed by atoms with Gasteiger partial charge in [-0.1, -0.05) is 29.9 Å². The van der Waals surface area contributed by atoms with E-state index >= 15 is 0 Å². The number of nitro benzene ring substituents is 1. The van der Waals surface area contributed by atoms with Crippen molar-refractivity contribution in [3.8, 4) is 17.2 Å². The van der Waals surface area contributed by atoms with E-state index in [0.717, 1.165) is 17.8 Å². The quantitative estimate of drug-likeness (QED) is 0.376. The number of hydrogen-bond acceptors (Lipinski definition) is 8. The summed E-state index contributed by atoms with van der Waals surface area (Å²) >= 11 is 7.14. The Bertz CT molecular complexity index is 1090. The van der Waals surface area contributed by atoms with Crippen LogP contribution in [0.4, 0.5) is 10.8 Å². The summed E-state index contributed by atoms with van der Waals surface area (Å²) in [6.07, 6.45) is 1.73. The molecule has 0 aliphatic rings. The molecule has 0 unspecified atom stereocenters. The maximum atomic E-state index is 12.5. The Hall–Kier alpha value is -3.24. The molecular weight excluding hydrogens is 432 g/mol. The number of hydrogen-bond donors (Lipinski definition) is 1. The summed E-state index contributed by atoms with van der Waals surface area (Å²) in [4.78, 5) is 23.2. The Kier molecular flexibility index (Phi) is 6.80. The molecule has 0 saturated heterocycles. The predicted octanol–water partition coefficient (Wildman–Crippen LogP) is 5.11. The van der Waals surface area contributed by atoms with Gasteiger partial charge in [0.05, 0.1) is 12.0 Å². The van der Waals surface area contributed by atoms with Crippen molar-refractivity contribution in [2.45, 2.75) is 19.8 Å². The monoisotopic (exact) mass is 448 g/mol. The van der Waals surface area contributed by atoms with Crippen LogP contribution in [-0.4, -0.2) is 28.1 Å². The first kappa shape index (κ1) is 21.5. The number of amides is 1. The Morgan fingerprint density at radius 2 is 1.97 bits per heavy atom. The number of aryl methyl sites for hydroxylation is 1. The molecule has 1 N–H and O–H groups in total. The number of ether oxygens (including phenoxy) is 2. The third-order valence-corrected chi connectivity index (χ3v) is 5.05. The first-order chi connectivity index (χ1) is 14.4. The predicted molar refractivity (Wildman–Crippen MR) is 113 cm³/mol. The van der Waals surface area contributed by atoms with Crippen LogP contribution in [-0.2, 0) is 6.42 Å². The van der Waals surface area contributed by atoms with Gasteiger partial charge in [-0.3, -0.25) is 20.2 Å². The molecule has 11 heteroatoms. The highest BCUT2D eigenvalue weighted by Gasteiger charge is 2.19. The molecule has 0 atom stereocenters. The topological polar surface area (TPSA) is 116 Å². The molecule has 30 heavy (non-hydrogen) atoms. The maximum absolute atomic E-state index is 12.5. The van der Waals surface area contributed by atoms with Crippen molar-refractivity contribution in [3.05, 3.63) is 62.1 Å². The van der Waals surface area contributed by atoms with Crippen molar-refractivity contribution >= 4 is 39.7 Å². The molecule has 1 aromatic heterocycles. The minimum absolute atomic E-state index is 0.00258. The van der Waals surface area contributed by atoms with Crippen LogP contribution >= 0.6 is 22.9 Å². The van der Waals surface area contributed by atoms with E-state index in [2.05, 4.69) is 15.5 Å². The Labute approximate surface area is 180 Å². The van der Waals surface area contributed by atoms with Crippen LogP contribution in [0, 0.1) is 10.1 Å². The van der Waals surface area contributed by atoms with Crippen LogP contribution in [0.2, 0.25) is 5.02 Å². The lowest BCUT2D eigenvalue weighted by molar-refractivity contribution is -0.385. The van der Waals surface area contributed by atoms with E-state index in [0.29, 0.717) is 10.7 Å². The number of rotatable bonds is 8. The number of anilines is 1. The van der Waals surface area contributed by atoms with E-state index in [4.69, 9.17) is 21.1 Å². The highest BCUT2D eigenvalue weighted by Crippen LogP contribution is 2.38. The van der Waals surface area contributed by atoms with Gasteiger partial charge in [0.2, 0.25) is 10.9 Å². The first-order valence-corrected chi connectivity index (χ1v) is 10.0. The number of halogens is 1. The number of carbonyl (C=O) groups is 1. The maximum Gasteiger partial charge on any atom is 0.313 e. The van der Waals surface area contributed by atoms with E-state index in [1.807, 2.05) is 6.92 Å². The fraction of sp³-hybridized carbons (Fsp3) is 0.211. The minimum Gasteiger partial charge on any atom is -0.493 e. The Morgan fingerprint density at radius 3 is 2.67 bits per heavy atom. The number of aromatic nitrogens is 2. The summed E-state index contributed by atoms with van der Waals surface area (Å²) in [6.45, 7) is 2.04. The van der Waals surface area contributed by atoms with Crippen molar-refractivity contribution < 1.29 is 19.2 Å². The van der Waals surface area contributed by atoms with Crippen molar-refractivity contribution in [2.75, 3.05) is 12.4 Å². The van der Waals surface area contributed by atoms with Crippen LogP contribution in [0.3, 0.4) is 0 Å². The number of carbonyl (C=O) groups excluding carboxylic acids is 1. The van der Waals surface area contributed by atoms with Gasteiger partial charge in [0, 0.05) is 23.1 Å². The molecule has 0 aliphatic carbocycles. The summed E-state index contributed by atoms with van der Waals surface area (Å²) in [5, 5.41) is 23.4. The molecule has 0 fully saturated rings. The zero-order valence-corrected chi connectivity index (χ0v) is 17.6. The second kappa shape index (κ2) is 9.51. The van der Waals surface area contributed by atoms with Crippen molar-refractivity contribution in [2.24, 2.45) is 0 Å². The lowest BCUT2D eigenvalue weighted by atomic mass is 10.2. The number of benzene rings is 2. The number of nitrogens with one attached hydrogen (secondary N) is 1. The van der Waals surface area contributed by atoms with Gasteiger partial charge in [-0.05, 0) is 36.8 Å². The molecule has 1 heterocycles. The second-order valence-corrected chi connectivity index (χ2v) is 7.54. The largest absolute Gasteiger partial charge is 0.493 e. The van der Waals surface area contributed by atoms with E-state index in [9.17, 15) is 14.9 Å². The molecular formula is C19H17ClN4O5S. The smallest absolute Gasteiger partial charge is 0.313 e. The van der Waals surface area contributed by atoms with Gasteiger partial charge in [-0.2, -0.15) is 0 Å². The molecule has 3 rings (SSSR count). The molecule has 0 radical (unpaired) electrons. The number of nitrogens with zero attached hydrogens (tertiary/aromatic N) is 3. The lowest BCUT2D eigenvalue weighted by Crippen LogP contribution is -2.12. The lowest BCUT2D eigenvalue weighted by Gasteiger charge is -2.12. The molecule has 1 amide bonds. The van der Waals surface area contributed by atoms with Crippen molar-refractivity contribution in [1.29, 1.82) is 0 Å². The van der Waals surface area contributed by atoms with Gasteiger partial charge in [0.15, 0.2) is 11.5 Å². The van der Waals surface area contributed by atoms with Gasteiger partial charge in [0.1, 0.15) is 5.01 Å². The minimum atomic E-state index is -0.593. The highest BCUT2D eigenvalue weighted by molar-refractivity contribution is 7.15. The van der Waals surface area contributed by atoms with E-state index < -0.39 is 10.8 Å². The van der Waals surface area contributed by atoms with Gasteiger partial charge >= 0.3 is 5.69 Å². The molecule has 0 bridgehead atoms. The van der Waals surface area contributed by atoms with Crippen molar-refractivity contribution in [1.82, 2.24) is 10.2 Å². The first-order valence-electron chi connectivity index (χ1n) is 8.84. The molecule has 9 nitrogen and oxygen atoms in total. The van der Waals surface area contributed by atoms with Crippen LogP contribution < -0.4 is 14.8 Å². The SMILES string of the molecule is CCCc1nnc(NC(=O)c2ccc(Oc3ccc(Cl)cc3[N+](=O)[O-])c(OC)c2)s1. The van der Waals surface area contributed by atoms with Crippen LogP contribution in [0.15, 0.2) is 36.4 Å². The fourth-order valence-corrected chi connectivity index (χ4v) is 3.52. The standard InChI is InChI=1S/C19H17ClN4O5S/c1-3-4-17-22-23-19(30-17)21-18(25)11-5-7-15(16(9-11)28-2)29-14-8-6-12(20)10-13(14)24(26)27/h5-10H,3-4H2,1-2H3,(H,21,23,25). The van der Waals surface area contributed by atoms with Gasteiger partial charge < -0.3 is 9.47 Å². The fourth-order valence-electron chi connectivity index (χ4n) is 2.52. The van der Waals surface area contributed by atoms with Gasteiger partial charge in [0.25, 0.3) is 5.91 Å². The van der Waals surface area contributed by atoms with E-state index in [1.54, 1.807) is 0 Å². The average Bonchev–Trinajstić information content (AvgIpc) is 3.16. The average molecular weight is 449 g/mol. The second-order valence-electron chi connectivity index (χ2n) is 6.04. The Balaban J connectivity index is 1.81. The van der Waals surface area contributed by atoms with E-state index in [-0.39, 0.29) is 28.0 Å². The third-order valence-electron chi connectivity index (χ3n) is 3.91. The highest BCUT2D eigenvalue weighted by atomic mass is 35.5. The van der Waals surface area contributed by atoms with Crippen molar-refractivity contribution in [3.63, 3.8) is 0 Å². The molecule has 0 spiro atoms. The molecule has 0 aliphatic heterocycles. The normalized spacial score (nSPS) is 10.5. The molecule has 3 aromatic rings. The summed E-state index contributed by atoms with van der Waals surface area (Å²) in [7, 11) is 1.40. The van der Waals surface area contributed by atoms with E-state index in [1.165, 1.54) is 54.8 Å². The molecule has 156 valence electrons. The zero-order chi connectivity index (χ0) is 21.7. The summed E-state index contributed by atoms with van der Waals surface area (Å²) in [5.74, 6) is 0.0465. The number of nitro groups is 1.